The molecule has 0 unspecified atom stereocenters. The van der Waals surface area contributed by atoms with E-state index in [0.29, 0.717) is 18.2 Å². The van der Waals surface area contributed by atoms with E-state index in [9.17, 15) is 4.79 Å². The highest BCUT2D eigenvalue weighted by molar-refractivity contribution is 7.16. The lowest BCUT2D eigenvalue weighted by Gasteiger charge is -2.07. The highest BCUT2D eigenvalue weighted by Crippen LogP contribution is 2.18. The van der Waals surface area contributed by atoms with Gasteiger partial charge in [-0.15, -0.1) is 0 Å². The second-order valence-electron chi connectivity index (χ2n) is 4.65. The van der Waals surface area contributed by atoms with E-state index in [0.717, 1.165) is 22.4 Å². The first-order valence-corrected chi connectivity index (χ1v) is 7.90. The number of benzene rings is 2. The fourth-order valence-electron chi connectivity index (χ4n) is 2.20. The molecule has 3 rings (SSSR count). The van der Waals surface area contributed by atoms with Crippen LogP contribution in [-0.2, 0) is 6.54 Å². The molecule has 0 aliphatic carbocycles. The lowest BCUT2D eigenvalue weighted by molar-refractivity contribution is 0.302. The summed E-state index contributed by atoms with van der Waals surface area (Å²) in [6.07, 6.45) is 0.771. The number of hydrogen-bond donors (Lipinski definition) is 0. The Morgan fingerprint density at radius 1 is 1.14 bits per heavy atom. The van der Waals surface area contributed by atoms with Gasteiger partial charge in [-0.2, -0.15) is 0 Å². The van der Waals surface area contributed by atoms with Gasteiger partial charge >= 0.3 is 4.87 Å². The molecule has 0 N–H and O–H groups in total. The summed E-state index contributed by atoms with van der Waals surface area (Å²) in [6, 6.07) is 15.2. The van der Waals surface area contributed by atoms with Crippen molar-refractivity contribution in [1.82, 2.24) is 4.57 Å². The highest BCUT2D eigenvalue weighted by atomic mass is 35.5. The Bertz CT molecular complexity index is 809. The average molecular weight is 320 g/mol. The zero-order valence-electron chi connectivity index (χ0n) is 11.3. The van der Waals surface area contributed by atoms with E-state index in [1.54, 1.807) is 10.6 Å². The summed E-state index contributed by atoms with van der Waals surface area (Å²) < 4.78 is 8.47. The van der Waals surface area contributed by atoms with Crippen molar-refractivity contribution >= 4 is 33.2 Å². The molecular weight excluding hydrogens is 306 g/mol. The SMILES string of the molecule is O=c1sc2ccccc2n1CCCOc1cccc(Cl)c1. The topological polar surface area (TPSA) is 31.2 Å². The van der Waals surface area contributed by atoms with Gasteiger partial charge in [0.25, 0.3) is 0 Å². The van der Waals surface area contributed by atoms with E-state index in [2.05, 4.69) is 0 Å². The van der Waals surface area contributed by atoms with Crippen LogP contribution in [0.2, 0.25) is 5.02 Å². The normalized spacial score (nSPS) is 10.9. The molecule has 0 bridgehead atoms. The monoisotopic (exact) mass is 319 g/mol. The molecule has 0 saturated heterocycles. The van der Waals surface area contributed by atoms with Crippen LogP contribution >= 0.6 is 22.9 Å². The van der Waals surface area contributed by atoms with Crippen LogP contribution < -0.4 is 9.61 Å². The summed E-state index contributed by atoms with van der Waals surface area (Å²) in [5, 5.41) is 0.660. The van der Waals surface area contributed by atoms with Gasteiger partial charge in [-0.25, -0.2) is 0 Å². The summed E-state index contributed by atoms with van der Waals surface area (Å²) in [5.74, 6) is 0.755. The van der Waals surface area contributed by atoms with Crippen molar-refractivity contribution in [2.75, 3.05) is 6.61 Å². The predicted molar refractivity (Wildman–Crippen MR) is 87.6 cm³/mol. The number of thiazole rings is 1. The van der Waals surface area contributed by atoms with Crippen LogP contribution in [0.15, 0.2) is 53.3 Å². The van der Waals surface area contributed by atoms with Gasteiger partial charge in [-0.05, 0) is 36.8 Å². The molecule has 0 radical (unpaired) electrons. The van der Waals surface area contributed by atoms with E-state index in [-0.39, 0.29) is 4.87 Å². The molecule has 0 saturated carbocycles. The molecule has 0 fully saturated rings. The van der Waals surface area contributed by atoms with Gasteiger partial charge in [0, 0.05) is 11.6 Å². The number of aromatic nitrogens is 1. The molecule has 3 aromatic rings. The second kappa shape index (κ2) is 6.33. The number of para-hydroxylation sites is 1. The van der Waals surface area contributed by atoms with Gasteiger partial charge < -0.3 is 4.74 Å². The maximum absolute atomic E-state index is 12.0. The van der Waals surface area contributed by atoms with E-state index >= 15 is 0 Å². The van der Waals surface area contributed by atoms with Crippen LogP contribution in [0.1, 0.15) is 6.42 Å². The van der Waals surface area contributed by atoms with Crippen molar-refractivity contribution < 1.29 is 4.74 Å². The quantitative estimate of drug-likeness (QED) is 0.660. The van der Waals surface area contributed by atoms with Crippen molar-refractivity contribution in [3.8, 4) is 5.75 Å². The summed E-state index contributed by atoms with van der Waals surface area (Å²) in [4.78, 5) is 12.1. The maximum Gasteiger partial charge on any atom is 0.308 e. The standard InChI is InChI=1S/C16H14ClNO2S/c17-12-5-3-6-13(11-12)20-10-4-9-18-14-7-1-2-8-15(14)21-16(18)19/h1-3,5-8,11H,4,9-10H2. The number of hydrogen-bond acceptors (Lipinski definition) is 3. The summed E-state index contributed by atoms with van der Waals surface area (Å²) in [7, 11) is 0. The largest absolute Gasteiger partial charge is 0.493 e. The molecule has 0 aliphatic heterocycles. The first-order chi connectivity index (χ1) is 10.2. The third kappa shape index (κ3) is 3.28. The molecule has 1 heterocycles. The van der Waals surface area contributed by atoms with Crippen LogP contribution in [0.4, 0.5) is 0 Å². The molecule has 0 atom stereocenters. The zero-order chi connectivity index (χ0) is 14.7. The number of ether oxygens (including phenoxy) is 1. The van der Waals surface area contributed by atoms with Crippen molar-refractivity contribution in [1.29, 1.82) is 0 Å². The number of fused-ring (bicyclic) bond motifs is 1. The second-order valence-corrected chi connectivity index (χ2v) is 6.08. The van der Waals surface area contributed by atoms with Gasteiger partial charge in [0.05, 0.1) is 16.8 Å². The predicted octanol–water partition coefficient (Wildman–Crippen LogP) is 4.19. The van der Waals surface area contributed by atoms with Crippen molar-refractivity contribution in [3.05, 3.63) is 63.2 Å². The van der Waals surface area contributed by atoms with E-state index in [4.69, 9.17) is 16.3 Å². The van der Waals surface area contributed by atoms with Crippen molar-refractivity contribution in [2.45, 2.75) is 13.0 Å². The number of rotatable bonds is 5. The van der Waals surface area contributed by atoms with Gasteiger partial charge in [-0.3, -0.25) is 9.36 Å². The Morgan fingerprint density at radius 3 is 2.86 bits per heavy atom. The Hall–Kier alpha value is -1.78. The van der Waals surface area contributed by atoms with Crippen LogP contribution in [0.5, 0.6) is 5.75 Å². The highest BCUT2D eigenvalue weighted by Gasteiger charge is 2.06. The molecule has 0 aliphatic rings. The van der Waals surface area contributed by atoms with Crippen molar-refractivity contribution in [2.24, 2.45) is 0 Å². The van der Waals surface area contributed by atoms with Gasteiger partial charge in [0.2, 0.25) is 0 Å². The first-order valence-electron chi connectivity index (χ1n) is 6.71. The fourth-order valence-corrected chi connectivity index (χ4v) is 3.29. The molecule has 0 spiro atoms. The zero-order valence-corrected chi connectivity index (χ0v) is 12.9. The van der Waals surface area contributed by atoms with Crippen molar-refractivity contribution in [3.63, 3.8) is 0 Å². The Kier molecular flexibility index (Phi) is 4.27. The smallest absolute Gasteiger partial charge is 0.308 e. The van der Waals surface area contributed by atoms with Crippen LogP contribution in [0, 0.1) is 0 Å². The molecule has 0 amide bonds. The average Bonchev–Trinajstić information content (AvgIpc) is 2.79. The van der Waals surface area contributed by atoms with Gasteiger partial charge in [0.1, 0.15) is 5.75 Å². The van der Waals surface area contributed by atoms with Gasteiger partial charge in [0.15, 0.2) is 0 Å². The van der Waals surface area contributed by atoms with Crippen LogP contribution in [0.3, 0.4) is 0 Å². The lowest BCUT2D eigenvalue weighted by Crippen LogP contribution is -2.14. The minimum absolute atomic E-state index is 0.0824. The minimum atomic E-state index is 0.0824. The number of halogens is 1. The maximum atomic E-state index is 12.0. The first kappa shape index (κ1) is 14.2. The molecule has 3 nitrogen and oxygen atoms in total. The Morgan fingerprint density at radius 2 is 2.00 bits per heavy atom. The Balaban J connectivity index is 1.62. The van der Waals surface area contributed by atoms with E-state index in [1.165, 1.54) is 11.3 Å². The molecule has 21 heavy (non-hydrogen) atoms. The summed E-state index contributed by atoms with van der Waals surface area (Å²) >= 11 is 7.19. The fraction of sp³-hybridized carbons (Fsp3) is 0.188. The summed E-state index contributed by atoms with van der Waals surface area (Å²) in [5.41, 5.74) is 0.996. The molecule has 2 aromatic carbocycles. The molecule has 5 heteroatoms. The third-order valence-electron chi connectivity index (χ3n) is 3.16. The number of nitrogens with zero attached hydrogens (tertiary/aromatic N) is 1. The molecular formula is C16H14ClNO2S. The van der Waals surface area contributed by atoms with E-state index in [1.807, 2.05) is 42.5 Å². The van der Waals surface area contributed by atoms with Gasteiger partial charge in [-0.1, -0.05) is 41.1 Å². The number of aryl methyl sites for hydroxylation is 1. The molecule has 108 valence electrons. The lowest BCUT2D eigenvalue weighted by atomic mass is 10.3. The molecule has 1 aromatic heterocycles. The third-order valence-corrected chi connectivity index (χ3v) is 4.36. The summed E-state index contributed by atoms with van der Waals surface area (Å²) in [6.45, 7) is 1.21. The van der Waals surface area contributed by atoms with Crippen LogP contribution in [-0.4, -0.2) is 11.2 Å². The van der Waals surface area contributed by atoms with Crippen LogP contribution in [0.25, 0.3) is 10.2 Å². The van der Waals surface area contributed by atoms with E-state index < -0.39 is 0 Å². The Labute approximate surface area is 131 Å². The minimum Gasteiger partial charge on any atom is -0.493 e.